The van der Waals surface area contributed by atoms with Gasteiger partial charge in [-0.25, -0.2) is 0 Å². The quantitative estimate of drug-likeness (QED) is 0.692. The lowest BCUT2D eigenvalue weighted by Gasteiger charge is -2.28. The molecule has 5 nitrogen and oxygen atoms in total. The third kappa shape index (κ3) is 6.44. The van der Waals surface area contributed by atoms with Gasteiger partial charge in [0.25, 0.3) is 0 Å². The van der Waals surface area contributed by atoms with Crippen molar-refractivity contribution >= 4 is 46.8 Å². The molecule has 1 atom stereocenters. The Morgan fingerprint density at radius 1 is 1.41 bits per heavy atom. The molecule has 1 aromatic carbocycles. The minimum atomic E-state index is -1.01. The number of thioether (sulfide) groups is 1. The van der Waals surface area contributed by atoms with E-state index in [2.05, 4.69) is 5.32 Å². The molecule has 0 aromatic heterocycles. The summed E-state index contributed by atoms with van der Waals surface area (Å²) in [5, 5.41) is 12.6. The van der Waals surface area contributed by atoms with Gasteiger partial charge >= 0.3 is 5.97 Å². The minimum absolute atomic E-state index is 0.0962. The van der Waals surface area contributed by atoms with Crippen LogP contribution >= 0.6 is 35.0 Å². The first kappa shape index (κ1) is 19.1. The van der Waals surface area contributed by atoms with Gasteiger partial charge in [-0.1, -0.05) is 23.2 Å². The van der Waals surface area contributed by atoms with Crippen LogP contribution in [0.25, 0.3) is 0 Å². The van der Waals surface area contributed by atoms with Gasteiger partial charge in [-0.15, -0.1) is 11.8 Å². The van der Waals surface area contributed by atoms with Crippen molar-refractivity contribution in [3.8, 4) is 0 Å². The molecule has 0 saturated carbocycles. The van der Waals surface area contributed by atoms with Gasteiger partial charge in [-0.2, -0.15) is 0 Å². The Kier molecular flexibility index (Phi) is 7.48. The lowest BCUT2D eigenvalue weighted by molar-refractivity contribution is -0.139. The molecule has 0 fully saturated rings. The summed E-state index contributed by atoms with van der Waals surface area (Å²) in [4.78, 5) is 23.6. The van der Waals surface area contributed by atoms with E-state index >= 15 is 0 Å². The van der Waals surface area contributed by atoms with Crippen molar-refractivity contribution in [2.24, 2.45) is 0 Å². The molecule has 0 spiro atoms. The highest BCUT2D eigenvalue weighted by molar-refractivity contribution is 8.00. The molecule has 0 heterocycles. The number of methoxy groups -OCH3 is 1. The molecule has 22 heavy (non-hydrogen) atoms. The molecule has 0 aliphatic rings. The number of carboxylic acids is 1. The second-order valence-electron chi connectivity index (χ2n) is 4.98. The normalized spacial score (nSPS) is 13.5. The minimum Gasteiger partial charge on any atom is -0.481 e. The summed E-state index contributed by atoms with van der Waals surface area (Å²) in [5.74, 6) is -1.22. The molecular formula is C14H17Cl2NO4S. The van der Waals surface area contributed by atoms with E-state index in [1.807, 2.05) is 0 Å². The number of hydrogen-bond donors (Lipinski definition) is 2. The van der Waals surface area contributed by atoms with Crippen LogP contribution in [0.3, 0.4) is 0 Å². The average Bonchev–Trinajstić information content (AvgIpc) is 2.38. The topological polar surface area (TPSA) is 75.6 Å². The van der Waals surface area contributed by atoms with Crippen molar-refractivity contribution in [2.75, 3.05) is 19.5 Å². The number of halogens is 2. The molecule has 1 aromatic rings. The van der Waals surface area contributed by atoms with Gasteiger partial charge in [0.1, 0.15) is 0 Å². The second kappa shape index (κ2) is 8.62. The summed E-state index contributed by atoms with van der Waals surface area (Å²) in [6.45, 7) is 1.73. The van der Waals surface area contributed by atoms with Crippen LogP contribution in [0.4, 0.5) is 0 Å². The van der Waals surface area contributed by atoms with Crippen LogP contribution in [0.15, 0.2) is 23.1 Å². The number of carboxylic acid groups (broad SMARTS) is 1. The summed E-state index contributed by atoms with van der Waals surface area (Å²) >= 11 is 13.1. The van der Waals surface area contributed by atoms with E-state index < -0.39 is 11.5 Å². The van der Waals surface area contributed by atoms with Gasteiger partial charge in [0, 0.05) is 17.0 Å². The maximum atomic E-state index is 12.0. The molecule has 1 unspecified atom stereocenters. The molecule has 0 saturated heterocycles. The van der Waals surface area contributed by atoms with Crippen molar-refractivity contribution in [3.63, 3.8) is 0 Å². The number of carbonyl (C=O) groups is 2. The van der Waals surface area contributed by atoms with Gasteiger partial charge in [0.05, 0.1) is 29.3 Å². The summed E-state index contributed by atoms with van der Waals surface area (Å²) in [5.41, 5.74) is -0.962. The Morgan fingerprint density at radius 3 is 2.68 bits per heavy atom. The number of rotatable bonds is 8. The molecule has 8 heteroatoms. The first-order chi connectivity index (χ1) is 10.3. The maximum Gasteiger partial charge on any atom is 0.305 e. The first-order valence-corrected chi connectivity index (χ1v) is 8.09. The maximum absolute atomic E-state index is 12.0. The number of amides is 1. The Hall–Kier alpha value is -0.950. The highest BCUT2D eigenvalue weighted by atomic mass is 35.5. The SMILES string of the molecule is COCC(C)(CC(=O)O)NC(=O)CSc1cc(Cl)ccc1Cl. The van der Waals surface area contributed by atoms with E-state index in [1.54, 1.807) is 25.1 Å². The smallest absolute Gasteiger partial charge is 0.305 e. The van der Waals surface area contributed by atoms with Crippen LogP contribution in [-0.2, 0) is 14.3 Å². The van der Waals surface area contributed by atoms with Gasteiger partial charge in [0.15, 0.2) is 0 Å². The monoisotopic (exact) mass is 365 g/mol. The van der Waals surface area contributed by atoms with Gasteiger partial charge in [-0.3, -0.25) is 9.59 Å². The summed E-state index contributed by atoms with van der Waals surface area (Å²) in [6.07, 6.45) is -0.227. The largest absolute Gasteiger partial charge is 0.481 e. The van der Waals surface area contributed by atoms with E-state index in [9.17, 15) is 9.59 Å². The predicted octanol–water partition coefficient (Wildman–Crippen LogP) is 3.08. The zero-order chi connectivity index (χ0) is 16.8. The fourth-order valence-electron chi connectivity index (χ4n) is 1.89. The van der Waals surface area contributed by atoms with Crippen molar-refractivity contribution in [1.29, 1.82) is 0 Å². The molecule has 0 aliphatic heterocycles. The van der Waals surface area contributed by atoms with Gasteiger partial charge in [-0.05, 0) is 25.1 Å². The number of carbonyl (C=O) groups excluding carboxylic acids is 1. The van der Waals surface area contributed by atoms with Crippen LogP contribution in [0, 0.1) is 0 Å². The highest BCUT2D eigenvalue weighted by Crippen LogP contribution is 2.29. The Morgan fingerprint density at radius 2 is 2.09 bits per heavy atom. The first-order valence-electron chi connectivity index (χ1n) is 6.35. The molecule has 122 valence electrons. The summed E-state index contributed by atoms with van der Waals surface area (Å²) in [7, 11) is 1.45. The number of hydrogen-bond acceptors (Lipinski definition) is 4. The van der Waals surface area contributed by atoms with E-state index in [4.69, 9.17) is 33.0 Å². The predicted molar refractivity (Wildman–Crippen MR) is 87.9 cm³/mol. The standard InChI is InChI=1S/C14H17Cl2NO4S/c1-14(8-21-2,6-13(19)20)17-12(18)7-22-11-5-9(15)3-4-10(11)16/h3-5H,6-8H2,1-2H3,(H,17,18)(H,19,20). The zero-order valence-corrected chi connectivity index (χ0v) is 14.5. The molecule has 1 rings (SSSR count). The summed E-state index contributed by atoms with van der Waals surface area (Å²) in [6, 6.07) is 4.99. The average molecular weight is 366 g/mol. The lowest BCUT2D eigenvalue weighted by Crippen LogP contribution is -2.51. The van der Waals surface area contributed by atoms with Crippen LogP contribution in [-0.4, -0.2) is 42.0 Å². The van der Waals surface area contributed by atoms with Crippen LogP contribution in [0.1, 0.15) is 13.3 Å². The van der Waals surface area contributed by atoms with Gasteiger partial charge < -0.3 is 15.2 Å². The Bertz CT molecular complexity index is 556. The van der Waals surface area contributed by atoms with E-state index in [-0.39, 0.29) is 24.7 Å². The van der Waals surface area contributed by atoms with Crippen molar-refractivity contribution in [1.82, 2.24) is 5.32 Å². The van der Waals surface area contributed by atoms with Crippen molar-refractivity contribution in [3.05, 3.63) is 28.2 Å². The molecule has 1 amide bonds. The number of benzene rings is 1. The van der Waals surface area contributed by atoms with Crippen LogP contribution < -0.4 is 5.32 Å². The van der Waals surface area contributed by atoms with E-state index in [0.29, 0.717) is 14.9 Å². The second-order valence-corrected chi connectivity index (χ2v) is 6.84. The molecule has 0 aliphatic carbocycles. The van der Waals surface area contributed by atoms with E-state index in [0.717, 1.165) is 0 Å². The number of ether oxygens (including phenoxy) is 1. The molecular weight excluding hydrogens is 349 g/mol. The van der Waals surface area contributed by atoms with Crippen LogP contribution in [0.5, 0.6) is 0 Å². The van der Waals surface area contributed by atoms with Crippen molar-refractivity contribution < 1.29 is 19.4 Å². The van der Waals surface area contributed by atoms with E-state index in [1.165, 1.54) is 18.9 Å². The molecule has 0 radical (unpaired) electrons. The van der Waals surface area contributed by atoms with Crippen molar-refractivity contribution in [2.45, 2.75) is 23.8 Å². The third-order valence-electron chi connectivity index (χ3n) is 2.70. The Labute approximate surface area is 143 Å². The fourth-order valence-corrected chi connectivity index (χ4v) is 3.18. The number of aliphatic carboxylic acids is 1. The lowest BCUT2D eigenvalue weighted by atomic mass is 9.99. The third-order valence-corrected chi connectivity index (χ3v) is 4.43. The molecule has 0 bridgehead atoms. The van der Waals surface area contributed by atoms with Gasteiger partial charge in [0.2, 0.25) is 5.91 Å². The summed E-state index contributed by atoms with van der Waals surface area (Å²) < 4.78 is 4.98. The Balaban J connectivity index is 2.64. The highest BCUT2D eigenvalue weighted by Gasteiger charge is 2.29. The number of nitrogens with one attached hydrogen (secondary N) is 1. The fraction of sp³-hybridized carbons (Fsp3) is 0.429. The zero-order valence-electron chi connectivity index (χ0n) is 12.2. The molecule has 2 N–H and O–H groups in total. The van der Waals surface area contributed by atoms with Crippen LogP contribution in [0.2, 0.25) is 10.0 Å².